The fourth-order valence-corrected chi connectivity index (χ4v) is 2.90. The molecule has 1 aliphatic rings. The Bertz CT molecular complexity index is 317. The van der Waals surface area contributed by atoms with Crippen molar-refractivity contribution in [2.75, 3.05) is 6.54 Å². The number of hydrogen-bond donors (Lipinski definition) is 1. The number of halogens is 1. The van der Waals surface area contributed by atoms with Crippen LogP contribution in [0.1, 0.15) is 63.4 Å². The van der Waals surface area contributed by atoms with Crippen LogP contribution in [0.3, 0.4) is 0 Å². The van der Waals surface area contributed by atoms with Gasteiger partial charge in [-0.15, -0.1) is 12.4 Å². The molecule has 1 atom stereocenters. The van der Waals surface area contributed by atoms with Gasteiger partial charge in [-0.25, -0.2) is 0 Å². The molecule has 2 rings (SSSR count). The van der Waals surface area contributed by atoms with E-state index in [1.54, 1.807) is 0 Å². The number of rotatable bonds is 4. The third-order valence-corrected chi connectivity index (χ3v) is 4.19. The summed E-state index contributed by atoms with van der Waals surface area (Å²) in [5.74, 6) is 0.622. The molecule has 0 amide bonds. The van der Waals surface area contributed by atoms with E-state index in [1.807, 2.05) is 0 Å². The third-order valence-electron chi connectivity index (χ3n) is 4.19. The summed E-state index contributed by atoms with van der Waals surface area (Å²) < 4.78 is 0. The molecule has 0 bridgehead atoms. The molecular formula is C17H28ClN. The van der Waals surface area contributed by atoms with E-state index >= 15 is 0 Å². The maximum atomic E-state index is 3.79. The zero-order valence-corrected chi connectivity index (χ0v) is 12.9. The minimum Gasteiger partial charge on any atom is -0.313 e. The Morgan fingerprint density at radius 1 is 1.00 bits per heavy atom. The van der Waals surface area contributed by atoms with Crippen molar-refractivity contribution < 1.29 is 0 Å². The van der Waals surface area contributed by atoms with E-state index in [1.165, 1.54) is 50.5 Å². The fourth-order valence-electron chi connectivity index (χ4n) is 2.90. The molecule has 1 aliphatic carbocycles. The van der Waals surface area contributed by atoms with Crippen LogP contribution in [0, 0.1) is 0 Å². The van der Waals surface area contributed by atoms with Crippen molar-refractivity contribution in [2.45, 2.75) is 63.8 Å². The minimum atomic E-state index is 0. The highest BCUT2D eigenvalue weighted by atomic mass is 35.5. The maximum absolute atomic E-state index is 3.79. The van der Waals surface area contributed by atoms with Crippen LogP contribution in [0.25, 0.3) is 0 Å². The first-order chi connectivity index (χ1) is 8.86. The summed E-state index contributed by atoms with van der Waals surface area (Å²) in [5, 5.41) is 3.79. The zero-order valence-electron chi connectivity index (χ0n) is 12.1. The van der Waals surface area contributed by atoms with Gasteiger partial charge in [0.1, 0.15) is 0 Å². The summed E-state index contributed by atoms with van der Waals surface area (Å²) in [6.45, 7) is 3.44. The summed E-state index contributed by atoms with van der Waals surface area (Å²) in [5.41, 5.74) is 1.45. The Labute approximate surface area is 124 Å². The van der Waals surface area contributed by atoms with Crippen molar-refractivity contribution in [3.63, 3.8) is 0 Å². The van der Waals surface area contributed by atoms with E-state index in [-0.39, 0.29) is 12.4 Å². The van der Waals surface area contributed by atoms with Crippen LogP contribution in [0.5, 0.6) is 0 Å². The monoisotopic (exact) mass is 281 g/mol. The zero-order chi connectivity index (χ0) is 12.6. The molecule has 1 aromatic rings. The smallest absolute Gasteiger partial charge is 0.00673 e. The molecule has 19 heavy (non-hydrogen) atoms. The van der Waals surface area contributed by atoms with Gasteiger partial charge in [0.05, 0.1) is 0 Å². The van der Waals surface area contributed by atoms with Crippen molar-refractivity contribution >= 4 is 12.4 Å². The Hall–Kier alpha value is -0.530. The lowest BCUT2D eigenvalue weighted by molar-refractivity contribution is 0.383. The first kappa shape index (κ1) is 16.5. The van der Waals surface area contributed by atoms with E-state index in [4.69, 9.17) is 0 Å². The molecule has 1 aromatic carbocycles. The topological polar surface area (TPSA) is 12.0 Å². The van der Waals surface area contributed by atoms with Crippen LogP contribution >= 0.6 is 12.4 Å². The molecule has 1 unspecified atom stereocenters. The molecular weight excluding hydrogens is 254 g/mol. The van der Waals surface area contributed by atoms with Gasteiger partial charge in [-0.3, -0.25) is 0 Å². The van der Waals surface area contributed by atoms with Gasteiger partial charge in [-0.2, -0.15) is 0 Å². The minimum absolute atomic E-state index is 0. The molecule has 0 heterocycles. The normalized spacial score (nSPS) is 19.0. The van der Waals surface area contributed by atoms with Gasteiger partial charge < -0.3 is 5.32 Å². The molecule has 1 fully saturated rings. The van der Waals surface area contributed by atoms with Crippen LogP contribution in [0.15, 0.2) is 30.3 Å². The first-order valence-corrected chi connectivity index (χ1v) is 7.64. The summed E-state index contributed by atoms with van der Waals surface area (Å²) >= 11 is 0. The van der Waals surface area contributed by atoms with Gasteiger partial charge in [0, 0.05) is 12.6 Å². The molecule has 2 heteroatoms. The predicted octanol–water partition coefficient (Wildman–Crippen LogP) is 4.91. The predicted molar refractivity (Wildman–Crippen MR) is 86.2 cm³/mol. The Morgan fingerprint density at radius 3 is 2.21 bits per heavy atom. The Morgan fingerprint density at radius 2 is 1.58 bits per heavy atom. The van der Waals surface area contributed by atoms with Gasteiger partial charge in [-0.1, -0.05) is 69.4 Å². The highest BCUT2D eigenvalue weighted by Gasteiger charge is 2.12. The van der Waals surface area contributed by atoms with Gasteiger partial charge in [0.25, 0.3) is 0 Å². The van der Waals surface area contributed by atoms with Gasteiger partial charge >= 0.3 is 0 Å². The first-order valence-electron chi connectivity index (χ1n) is 7.64. The van der Waals surface area contributed by atoms with Crippen LogP contribution in [0.2, 0.25) is 0 Å². The van der Waals surface area contributed by atoms with Gasteiger partial charge in [0.2, 0.25) is 0 Å². The van der Waals surface area contributed by atoms with Crippen LogP contribution in [0.4, 0.5) is 0 Å². The largest absolute Gasteiger partial charge is 0.313 e. The standard InChI is InChI=1S/C17H27N.ClH/c1-15(16-10-6-5-7-11-16)14-18-17-12-8-3-2-4-9-13-17;/h5-7,10-11,15,17-18H,2-4,8-9,12-14H2,1H3;1H. The van der Waals surface area contributed by atoms with Crippen molar-refractivity contribution in [3.8, 4) is 0 Å². The molecule has 0 aromatic heterocycles. The molecule has 1 saturated carbocycles. The second-order valence-corrected chi connectivity index (χ2v) is 5.76. The van der Waals surface area contributed by atoms with Crippen molar-refractivity contribution in [2.24, 2.45) is 0 Å². The van der Waals surface area contributed by atoms with E-state index in [2.05, 4.69) is 42.6 Å². The SMILES string of the molecule is CC(CNC1CCCCCCC1)c1ccccc1.Cl. The Kier molecular flexibility index (Phi) is 8.16. The summed E-state index contributed by atoms with van der Waals surface area (Å²) in [7, 11) is 0. The number of nitrogens with one attached hydrogen (secondary N) is 1. The summed E-state index contributed by atoms with van der Waals surface area (Å²) in [4.78, 5) is 0. The lowest BCUT2D eigenvalue weighted by Crippen LogP contribution is -2.32. The highest BCUT2D eigenvalue weighted by molar-refractivity contribution is 5.85. The van der Waals surface area contributed by atoms with E-state index in [9.17, 15) is 0 Å². The van der Waals surface area contributed by atoms with E-state index in [0.29, 0.717) is 5.92 Å². The molecule has 108 valence electrons. The molecule has 0 spiro atoms. The van der Waals surface area contributed by atoms with Gasteiger partial charge in [0.15, 0.2) is 0 Å². The third kappa shape index (κ3) is 5.97. The average molecular weight is 282 g/mol. The molecule has 0 saturated heterocycles. The number of benzene rings is 1. The second-order valence-electron chi connectivity index (χ2n) is 5.76. The quantitative estimate of drug-likeness (QED) is 0.826. The fraction of sp³-hybridized carbons (Fsp3) is 0.647. The lowest BCUT2D eigenvalue weighted by Gasteiger charge is -2.23. The molecule has 1 nitrogen and oxygen atoms in total. The second kappa shape index (κ2) is 9.39. The van der Waals surface area contributed by atoms with Crippen LogP contribution < -0.4 is 5.32 Å². The van der Waals surface area contributed by atoms with Crippen molar-refractivity contribution in [3.05, 3.63) is 35.9 Å². The Balaban J connectivity index is 0.00000180. The van der Waals surface area contributed by atoms with Crippen molar-refractivity contribution in [1.82, 2.24) is 5.32 Å². The highest BCUT2D eigenvalue weighted by Crippen LogP contribution is 2.19. The van der Waals surface area contributed by atoms with Gasteiger partial charge in [-0.05, 0) is 24.3 Å². The lowest BCUT2D eigenvalue weighted by atomic mass is 9.95. The summed E-state index contributed by atoms with van der Waals surface area (Å²) in [6.07, 6.45) is 9.91. The molecule has 1 N–H and O–H groups in total. The maximum Gasteiger partial charge on any atom is 0.00673 e. The van der Waals surface area contributed by atoms with Crippen LogP contribution in [-0.4, -0.2) is 12.6 Å². The van der Waals surface area contributed by atoms with Crippen LogP contribution in [-0.2, 0) is 0 Å². The molecule has 0 aliphatic heterocycles. The summed E-state index contributed by atoms with van der Waals surface area (Å²) in [6, 6.07) is 11.6. The van der Waals surface area contributed by atoms with Crippen molar-refractivity contribution in [1.29, 1.82) is 0 Å². The van der Waals surface area contributed by atoms with E-state index in [0.717, 1.165) is 12.6 Å². The molecule has 0 radical (unpaired) electrons. The van der Waals surface area contributed by atoms with E-state index < -0.39 is 0 Å². The average Bonchev–Trinajstić information content (AvgIpc) is 2.38. The number of hydrogen-bond acceptors (Lipinski definition) is 1.